The maximum absolute atomic E-state index is 13.4. The Morgan fingerprint density at radius 1 is 1.28 bits per heavy atom. The molecule has 4 amide bonds. The quantitative estimate of drug-likeness (QED) is 0.747. The van der Waals surface area contributed by atoms with E-state index in [0.717, 1.165) is 25.0 Å². The van der Waals surface area contributed by atoms with Crippen LogP contribution in [-0.4, -0.2) is 34.8 Å². The van der Waals surface area contributed by atoms with Crippen molar-refractivity contribution in [2.75, 3.05) is 6.54 Å². The Kier molecular flexibility index (Phi) is 5.03. The molecule has 3 rings (SSSR count). The second-order valence-corrected chi connectivity index (χ2v) is 7.44. The molecule has 1 aliphatic carbocycles. The van der Waals surface area contributed by atoms with Gasteiger partial charge < -0.3 is 10.6 Å². The van der Waals surface area contributed by atoms with E-state index >= 15 is 0 Å². The third-order valence-corrected chi connectivity index (χ3v) is 5.40. The fourth-order valence-corrected chi connectivity index (χ4v) is 3.88. The highest BCUT2D eigenvalue weighted by molar-refractivity contribution is 6.09. The van der Waals surface area contributed by atoms with Crippen molar-refractivity contribution in [1.29, 1.82) is 5.26 Å². The van der Waals surface area contributed by atoms with Gasteiger partial charge in [0.05, 0.1) is 11.6 Å². The van der Waals surface area contributed by atoms with Crippen molar-refractivity contribution in [3.05, 3.63) is 35.4 Å². The number of hydrogen-bond acceptors (Lipinski definition) is 4. The maximum Gasteiger partial charge on any atom is 0.416 e. The molecular weight excluding hydrogens is 389 g/mol. The van der Waals surface area contributed by atoms with Gasteiger partial charge >= 0.3 is 12.2 Å². The molecule has 2 N–H and O–H groups in total. The van der Waals surface area contributed by atoms with Gasteiger partial charge in [-0.3, -0.25) is 14.5 Å². The molecular formula is C19H19F3N4O3. The van der Waals surface area contributed by atoms with Gasteiger partial charge in [0, 0.05) is 0 Å². The second kappa shape index (κ2) is 7.06. The number of hydrogen-bond donors (Lipinski definition) is 2. The highest BCUT2D eigenvalue weighted by Crippen LogP contribution is 2.39. The van der Waals surface area contributed by atoms with E-state index in [1.807, 2.05) is 0 Å². The Morgan fingerprint density at radius 2 is 1.90 bits per heavy atom. The molecule has 10 heteroatoms. The topological polar surface area (TPSA) is 102 Å². The predicted octanol–water partition coefficient (Wildman–Crippen LogP) is 2.42. The zero-order valence-corrected chi connectivity index (χ0v) is 15.6. The normalized spacial score (nSPS) is 23.6. The molecule has 0 bridgehead atoms. The van der Waals surface area contributed by atoms with Gasteiger partial charge in [0.15, 0.2) is 0 Å². The zero-order chi connectivity index (χ0) is 21.4. The lowest BCUT2D eigenvalue weighted by Gasteiger charge is -2.26. The Labute approximate surface area is 164 Å². The number of benzene rings is 1. The highest BCUT2D eigenvalue weighted by Gasteiger charge is 2.52. The Morgan fingerprint density at radius 3 is 2.48 bits per heavy atom. The van der Waals surface area contributed by atoms with Crippen LogP contribution < -0.4 is 10.6 Å². The van der Waals surface area contributed by atoms with Crippen molar-refractivity contribution in [2.24, 2.45) is 0 Å². The summed E-state index contributed by atoms with van der Waals surface area (Å²) in [5, 5.41) is 14.2. The van der Waals surface area contributed by atoms with E-state index in [1.54, 1.807) is 0 Å². The van der Waals surface area contributed by atoms with Gasteiger partial charge in [-0.25, -0.2) is 4.79 Å². The van der Waals surface area contributed by atoms with E-state index in [2.05, 4.69) is 16.7 Å². The van der Waals surface area contributed by atoms with Crippen LogP contribution in [0.3, 0.4) is 0 Å². The first-order valence-corrected chi connectivity index (χ1v) is 9.05. The Balaban J connectivity index is 1.83. The maximum atomic E-state index is 13.4. The molecule has 0 spiro atoms. The van der Waals surface area contributed by atoms with Crippen LogP contribution in [0.4, 0.5) is 18.0 Å². The summed E-state index contributed by atoms with van der Waals surface area (Å²) in [5.41, 5.74) is -4.46. The van der Waals surface area contributed by atoms with Gasteiger partial charge in [-0.05, 0) is 44.2 Å². The average molecular weight is 408 g/mol. The number of alkyl halides is 3. The van der Waals surface area contributed by atoms with Gasteiger partial charge in [0.2, 0.25) is 5.91 Å². The first-order valence-electron chi connectivity index (χ1n) is 9.05. The summed E-state index contributed by atoms with van der Waals surface area (Å²) >= 11 is 0. The summed E-state index contributed by atoms with van der Waals surface area (Å²) in [6, 6.07) is 5.56. The SMILES string of the molecule is C[C@@]1(c2ccccc2C(F)(F)F)NC(=O)N(CC(=O)NC2(C#N)CCCC2)C1=O. The van der Waals surface area contributed by atoms with Gasteiger partial charge in [0.25, 0.3) is 5.91 Å². The standard InChI is InChI=1S/C19H19F3N4O3/c1-17(12-6-2-3-7-13(12)19(20,21)22)15(28)26(16(29)25-17)10-14(27)24-18(11-23)8-4-5-9-18/h2-3,6-7H,4-5,8-10H2,1H3,(H,24,27)(H,25,29)/t17-/m0/s1. The fraction of sp³-hybridized carbons (Fsp3) is 0.474. The average Bonchev–Trinajstić information content (AvgIpc) is 3.21. The minimum Gasteiger partial charge on any atom is -0.336 e. The van der Waals surface area contributed by atoms with E-state index in [9.17, 15) is 32.8 Å². The highest BCUT2D eigenvalue weighted by atomic mass is 19.4. The Hall–Kier alpha value is -3.09. The molecule has 1 heterocycles. The smallest absolute Gasteiger partial charge is 0.336 e. The minimum atomic E-state index is -4.73. The number of amides is 4. The van der Waals surface area contributed by atoms with Crippen molar-refractivity contribution in [3.8, 4) is 6.07 Å². The van der Waals surface area contributed by atoms with Crippen molar-refractivity contribution in [2.45, 2.75) is 49.9 Å². The van der Waals surface area contributed by atoms with Crippen LogP contribution in [0.2, 0.25) is 0 Å². The van der Waals surface area contributed by atoms with Crippen molar-refractivity contribution in [3.63, 3.8) is 0 Å². The number of rotatable bonds is 4. The summed E-state index contributed by atoms with van der Waals surface area (Å²) in [5.74, 6) is -1.68. The van der Waals surface area contributed by atoms with E-state index < -0.39 is 52.8 Å². The van der Waals surface area contributed by atoms with Crippen LogP contribution >= 0.6 is 0 Å². The molecule has 1 aromatic carbocycles. The first-order chi connectivity index (χ1) is 13.5. The van der Waals surface area contributed by atoms with Crippen molar-refractivity contribution >= 4 is 17.8 Å². The summed E-state index contributed by atoms with van der Waals surface area (Å²) in [7, 11) is 0. The number of carbonyl (C=O) groups excluding carboxylic acids is 3. The number of nitriles is 1. The van der Waals surface area contributed by atoms with Crippen LogP contribution in [0.5, 0.6) is 0 Å². The summed E-state index contributed by atoms with van der Waals surface area (Å²) in [6.07, 6.45) is -2.26. The molecule has 1 saturated heterocycles. The van der Waals surface area contributed by atoms with E-state index in [1.165, 1.54) is 19.1 Å². The fourth-order valence-electron chi connectivity index (χ4n) is 3.88. The van der Waals surface area contributed by atoms with E-state index in [4.69, 9.17) is 0 Å². The molecule has 1 saturated carbocycles. The van der Waals surface area contributed by atoms with Crippen LogP contribution in [0.15, 0.2) is 24.3 Å². The number of nitrogens with one attached hydrogen (secondary N) is 2. The van der Waals surface area contributed by atoms with Crippen LogP contribution in [0.1, 0.15) is 43.7 Å². The number of carbonyl (C=O) groups is 3. The molecule has 7 nitrogen and oxygen atoms in total. The number of nitrogens with zero attached hydrogens (tertiary/aromatic N) is 2. The molecule has 29 heavy (non-hydrogen) atoms. The third kappa shape index (κ3) is 3.64. The molecule has 2 fully saturated rings. The van der Waals surface area contributed by atoms with Gasteiger partial charge in [-0.15, -0.1) is 0 Å². The molecule has 0 unspecified atom stereocenters. The monoisotopic (exact) mass is 408 g/mol. The van der Waals surface area contributed by atoms with Crippen molar-refractivity contribution < 1.29 is 27.6 Å². The molecule has 1 aromatic rings. The van der Waals surface area contributed by atoms with Crippen LogP contribution in [-0.2, 0) is 21.3 Å². The third-order valence-electron chi connectivity index (χ3n) is 5.40. The van der Waals surface area contributed by atoms with Gasteiger partial charge in [-0.1, -0.05) is 18.2 Å². The summed E-state index contributed by atoms with van der Waals surface area (Å²) < 4.78 is 40.1. The van der Waals surface area contributed by atoms with E-state index in [-0.39, 0.29) is 0 Å². The number of urea groups is 1. The summed E-state index contributed by atoms with van der Waals surface area (Å²) in [4.78, 5) is 38.1. The lowest BCUT2D eigenvalue weighted by Crippen LogP contribution is -2.50. The number of imide groups is 1. The van der Waals surface area contributed by atoms with Gasteiger partial charge in [0.1, 0.15) is 17.6 Å². The summed E-state index contributed by atoms with van der Waals surface area (Å²) in [6.45, 7) is 0.487. The molecule has 1 aliphatic heterocycles. The van der Waals surface area contributed by atoms with Crippen molar-refractivity contribution in [1.82, 2.24) is 15.5 Å². The van der Waals surface area contributed by atoms with Gasteiger partial charge in [-0.2, -0.15) is 18.4 Å². The second-order valence-electron chi connectivity index (χ2n) is 7.44. The van der Waals surface area contributed by atoms with Crippen LogP contribution in [0, 0.1) is 11.3 Å². The molecule has 2 aliphatic rings. The molecule has 0 aromatic heterocycles. The van der Waals surface area contributed by atoms with E-state index in [0.29, 0.717) is 17.7 Å². The molecule has 154 valence electrons. The minimum absolute atomic E-state index is 0.405. The molecule has 0 radical (unpaired) electrons. The predicted molar refractivity (Wildman–Crippen MR) is 94.0 cm³/mol. The lowest BCUT2D eigenvalue weighted by molar-refractivity contribution is -0.140. The zero-order valence-electron chi connectivity index (χ0n) is 15.6. The first kappa shape index (κ1) is 20.6. The van der Waals surface area contributed by atoms with Crippen LogP contribution in [0.25, 0.3) is 0 Å². The Bertz CT molecular complexity index is 903. The molecule has 1 atom stereocenters. The lowest BCUT2D eigenvalue weighted by atomic mass is 9.87. The number of halogens is 3. The largest absolute Gasteiger partial charge is 0.416 e.